The summed E-state index contributed by atoms with van der Waals surface area (Å²) in [4.78, 5) is 17.3. The fourth-order valence-corrected chi connectivity index (χ4v) is 2.47. The third-order valence-electron chi connectivity index (χ3n) is 3.53. The van der Waals surface area contributed by atoms with Gasteiger partial charge in [-0.05, 0) is 38.5 Å². The standard InChI is InChI=1S/C19H20N2O3/c1-19(2,3)24-18(23)21-16-7-5-4-6-15(16)20-17(21)14-10-8-13(12-22)9-11-14/h4-11,22H,12H2,1-3H3. The summed E-state index contributed by atoms with van der Waals surface area (Å²) in [6.45, 7) is 5.47. The molecule has 0 unspecified atom stereocenters. The Kier molecular flexibility index (Phi) is 4.11. The van der Waals surface area contributed by atoms with E-state index in [-0.39, 0.29) is 6.61 Å². The molecule has 0 fully saturated rings. The van der Waals surface area contributed by atoms with E-state index in [2.05, 4.69) is 4.98 Å². The Hall–Kier alpha value is -2.66. The Bertz CT molecular complexity index is 874. The molecule has 1 N–H and O–H groups in total. The number of aliphatic hydroxyl groups excluding tert-OH is 1. The molecule has 5 heteroatoms. The highest BCUT2D eigenvalue weighted by Crippen LogP contribution is 2.26. The molecule has 3 aromatic rings. The SMILES string of the molecule is CC(C)(C)OC(=O)n1c(-c2ccc(CO)cc2)nc2ccccc21. The molecule has 3 rings (SSSR count). The number of para-hydroxylation sites is 2. The molecule has 0 amide bonds. The molecule has 0 aliphatic carbocycles. The van der Waals surface area contributed by atoms with Crippen LogP contribution in [0.3, 0.4) is 0 Å². The van der Waals surface area contributed by atoms with E-state index in [9.17, 15) is 9.90 Å². The van der Waals surface area contributed by atoms with Crippen molar-refractivity contribution in [1.29, 1.82) is 0 Å². The van der Waals surface area contributed by atoms with Gasteiger partial charge in [-0.1, -0.05) is 36.4 Å². The Balaban J connectivity index is 2.15. The van der Waals surface area contributed by atoms with E-state index >= 15 is 0 Å². The zero-order valence-electron chi connectivity index (χ0n) is 14.0. The number of fused-ring (bicyclic) bond motifs is 1. The lowest BCUT2D eigenvalue weighted by molar-refractivity contribution is 0.0546. The minimum atomic E-state index is -0.597. The molecule has 0 saturated heterocycles. The van der Waals surface area contributed by atoms with Gasteiger partial charge >= 0.3 is 6.09 Å². The van der Waals surface area contributed by atoms with E-state index in [1.165, 1.54) is 4.57 Å². The van der Waals surface area contributed by atoms with Gasteiger partial charge in [0.15, 0.2) is 5.82 Å². The molecule has 1 heterocycles. The van der Waals surface area contributed by atoms with Crippen molar-refractivity contribution in [1.82, 2.24) is 9.55 Å². The van der Waals surface area contributed by atoms with Gasteiger partial charge in [0, 0.05) is 5.56 Å². The van der Waals surface area contributed by atoms with Crippen LogP contribution in [0.5, 0.6) is 0 Å². The third-order valence-corrected chi connectivity index (χ3v) is 3.53. The molecule has 5 nitrogen and oxygen atoms in total. The van der Waals surface area contributed by atoms with Crippen LogP contribution in [0.4, 0.5) is 4.79 Å². The van der Waals surface area contributed by atoms with Crippen LogP contribution in [0.15, 0.2) is 48.5 Å². The predicted molar refractivity (Wildman–Crippen MR) is 92.7 cm³/mol. The van der Waals surface area contributed by atoms with E-state index < -0.39 is 11.7 Å². The predicted octanol–water partition coefficient (Wildman–Crippen LogP) is 3.98. The highest BCUT2D eigenvalue weighted by atomic mass is 16.6. The summed E-state index contributed by atoms with van der Waals surface area (Å²) >= 11 is 0. The number of benzene rings is 2. The molecule has 0 saturated carbocycles. The van der Waals surface area contributed by atoms with Crippen molar-refractivity contribution in [2.24, 2.45) is 0 Å². The molecule has 0 radical (unpaired) electrons. The normalized spacial score (nSPS) is 11.7. The zero-order chi connectivity index (χ0) is 17.3. The Morgan fingerprint density at radius 1 is 1.12 bits per heavy atom. The average molecular weight is 324 g/mol. The van der Waals surface area contributed by atoms with Gasteiger partial charge in [0.05, 0.1) is 17.6 Å². The summed E-state index contributed by atoms with van der Waals surface area (Å²) in [5.41, 5.74) is 2.42. The second-order valence-corrected chi connectivity index (χ2v) is 6.59. The van der Waals surface area contributed by atoms with Gasteiger partial charge in [0.2, 0.25) is 0 Å². The van der Waals surface area contributed by atoms with Crippen molar-refractivity contribution in [3.63, 3.8) is 0 Å². The van der Waals surface area contributed by atoms with Crippen LogP contribution in [-0.4, -0.2) is 26.4 Å². The van der Waals surface area contributed by atoms with Crippen molar-refractivity contribution >= 4 is 17.1 Å². The van der Waals surface area contributed by atoms with E-state index in [1.807, 2.05) is 69.3 Å². The van der Waals surface area contributed by atoms with Crippen LogP contribution in [0.1, 0.15) is 26.3 Å². The second-order valence-electron chi connectivity index (χ2n) is 6.59. The maximum Gasteiger partial charge on any atom is 0.420 e. The topological polar surface area (TPSA) is 64.3 Å². The molecule has 0 aliphatic rings. The molecule has 0 atom stereocenters. The van der Waals surface area contributed by atoms with Crippen molar-refractivity contribution in [3.8, 4) is 11.4 Å². The molecule has 124 valence electrons. The van der Waals surface area contributed by atoms with Gasteiger partial charge in [0.1, 0.15) is 5.60 Å². The number of carbonyl (C=O) groups excluding carboxylic acids is 1. The van der Waals surface area contributed by atoms with Gasteiger partial charge in [-0.25, -0.2) is 14.3 Å². The molecule has 0 bridgehead atoms. The molecule has 2 aromatic carbocycles. The summed E-state index contributed by atoms with van der Waals surface area (Å²) < 4.78 is 7.04. The van der Waals surface area contributed by atoms with E-state index in [0.29, 0.717) is 11.3 Å². The van der Waals surface area contributed by atoms with Crippen LogP contribution in [0.2, 0.25) is 0 Å². The summed E-state index contributed by atoms with van der Waals surface area (Å²) in [5, 5.41) is 9.19. The maximum absolute atomic E-state index is 12.7. The molecule has 24 heavy (non-hydrogen) atoms. The zero-order valence-corrected chi connectivity index (χ0v) is 14.0. The minimum Gasteiger partial charge on any atom is -0.443 e. The molecular weight excluding hydrogens is 304 g/mol. The first-order chi connectivity index (χ1) is 11.4. The number of rotatable bonds is 2. The van der Waals surface area contributed by atoms with Gasteiger partial charge in [-0.2, -0.15) is 0 Å². The molecule has 0 spiro atoms. The van der Waals surface area contributed by atoms with E-state index in [1.54, 1.807) is 0 Å². The van der Waals surface area contributed by atoms with Crippen molar-refractivity contribution < 1.29 is 14.6 Å². The number of imidazole rings is 1. The number of nitrogens with zero attached hydrogens (tertiary/aromatic N) is 2. The molecule has 0 aliphatic heterocycles. The monoisotopic (exact) mass is 324 g/mol. The Morgan fingerprint density at radius 2 is 1.79 bits per heavy atom. The van der Waals surface area contributed by atoms with Gasteiger partial charge < -0.3 is 9.84 Å². The number of aliphatic hydroxyl groups is 1. The first-order valence-corrected chi connectivity index (χ1v) is 7.80. The quantitative estimate of drug-likeness (QED) is 0.774. The van der Waals surface area contributed by atoms with E-state index in [4.69, 9.17) is 4.74 Å². The smallest absolute Gasteiger partial charge is 0.420 e. The van der Waals surface area contributed by atoms with Crippen LogP contribution in [0, 0.1) is 0 Å². The van der Waals surface area contributed by atoms with Crippen LogP contribution < -0.4 is 0 Å². The first-order valence-electron chi connectivity index (χ1n) is 7.80. The van der Waals surface area contributed by atoms with Crippen LogP contribution in [-0.2, 0) is 11.3 Å². The average Bonchev–Trinajstić information content (AvgIpc) is 2.93. The third kappa shape index (κ3) is 3.16. The first kappa shape index (κ1) is 16.2. The summed E-state index contributed by atoms with van der Waals surface area (Å²) in [7, 11) is 0. The van der Waals surface area contributed by atoms with E-state index in [0.717, 1.165) is 16.6 Å². The number of carbonyl (C=O) groups is 1. The molecular formula is C19H20N2O3. The van der Waals surface area contributed by atoms with Crippen LogP contribution in [0.25, 0.3) is 22.4 Å². The minimum absolute atomic E-state index is 0.0250. The van der Waals surface area contributed by atoms with Gasteiger partial charge in [-0.3, -0.25) is 0 Å². The largest absolute Gasteiger partial charge is 0.443 e. The fourth-order valence-electron chi connectivity index (χ4n) is 2.47. The second kappa shape index (κ2) is 6.09. The number of hydrogen-bond acceptors (Lipinski definition) is 4. The highest BCUT2D eigenvalue weighted by Gasteiger charge is 2.23. The van der Waals surface area contributed by atoms with Crippen molar-refractivity contribution in [2.75, 3.05) is 0 Å². The fraction of sp³-hybridized carbons (Fsp3) is 0.263. The lowest BCUT2D eigenvalue weighted by Gasteiger charge is -2.20. The lowest BCUT2D eigenvalue weighted by Crippen LogP contribution is -2.27. The summed E-state index contributed by atoms with van der Waals surface area (Å²) in [5.74, 6) is 0.523. The van der Waals surface area contributed by atoms with Crippen LogP contribution >= 0.6 is 0 Å². The Morgan fingerprint density at radius 3 is 2.42 bits per heavy atom. The van der Waals surface area contributed by atoms with Crippen molar-refractivity contribution in [3.05, 3.63) is 54.1 Å². The van der Waals surface area contributed by atoms with Gasteiger partial charge in [0.25, 0.3) is 0 Å². The Labute approximate surface area is 140 Å². The lowest BCUT2D eigenvalue weighted by atomic mass is 10.1. The summed E-state index contributed by atoms with van der Waals surface area (Å²) in [6, 6.07) is 14.8. The van der Waals surface area contributed by atoms with Gasteiger partial charge in [-0.15, -0.1) is 0 Å². The number of ether oxygens (including phenoxy) is 1. The van der Waals surface area contributed by atoms with Crippen molar-refractivity contribution in [2.45, 2.75) is 33.0 Å². The maximum atomic E-state index is 12.7. The summed E-state index contributed by atoms with van der Waals surface area (Å²) in [6.07, 6.45) is -0.461. The highest BCUT2D eigenvalue weighted by molar-refractivity contribution is 5.92. The molecule has 1 aromatic heterocycles. The number of aromatic nitrogens is 2. The number of hydrogen-bond donors (Lipinski definition) is 1.